The minimum absolute atomic E-state index is 0.0477. The van der Waals surface area contributed by atoms with Crippen LogP contribution in [0.15, 0.2) is 40.6 Å². The number of esters is 1. The molecule has 0 saturated heterocycles. The first-order valence-electron chi connectivity index (χ1n) is 7.10. The van der Waals surface area contributed by atoms with Crippen molar-refractivity contribution < 1.29 is 27.5 Å². The zero-order valence-corrected chi connectivity index (χ0v) is 14.2. The molecule has 1 heterocycles. The minimum Gasteiger partial charge on any atom is -0.461 e. The second-order valence-corrected chi connectivity index (χ2v) is 6.63. The number of hydrogen-bond donors (Lipinski definition) is 3. The average Bonchev–Trinajstić information content (AvgIpc) is 2.75. The molecular weight excluding hydrogens is 352 g/mol. The number of urea groups is 1. The van der Waals surface area contributed by atoms with Gasteiger partial charge in [0.25, 0.3) is 15.9 Å². The van der Waals surface area contributed by atoms with Crippen LogP contribution in [0.25, 0.3) is 0 Å². The Morgan fingerprint density at radius 3 is 2.44 bits per heavy atom. The van der Waals surface area contributed by atoms with E-state index in [9.17, 15) is 22.8 Å². The number of nitrogens with zero attached hydrogens (tertiary/aromatic N) is 1. The van der Waals surface area contributed by atoms with Gasteiger partial charge in [0.1, 0.15) is 4.90 Å². The molecule has 0 spiro atoms. The van der Waals surface area contributed by atoms with Crippen LogP contribution in [0.1, 0.15) is 24.2 Å². The number of benzene rings is 1. The van der Waals surface area contributed by atoms with Crippen LogP contribution in [0.3, 0.4) is 0 Å². The standard InChI is InChI=1S/C14H16N4O6S/c1-3-24-13(20)11(8(2)16-17-14(15)21)18-12(19)9-6-4-5-7-10(9)25(18,22)23/h4-7,16H,3H2,1-2H3,(H3,15,17,21)/b11-8+. The van der Waals surface area contributed by atoms with Gasteiger partial charge < -0.3 is 10.5 Å². The van der Waals surface area contributed by atoms with Crippen LogP contribution >= 0.6 is 0 Å². The fourth-order valence-electron chi connectivity index (χ4n) is 2.21. The monoisotopic (exact) mass is 368 g/mol. The van der Waals surface area contributed by atoms with Gasteiger partial charge in [0, 0.05) is 0 Å². The van der Waals surface area contributed by atoms with E-state index in [1.54, 1.807) is 0 Å². The molecule has 0 atom stereocenters. The third-order valence-corrected chi connectivity index (χ3v) is 4.96. The maximum absolute atomic E-state index is 12.7. The molecule has 0 fully saturated rings. The Hall–Kier alpha value is -3.08. The van der Waals surface area contributed by atoms with Crippen LogP contribution in [-0.2, 0) is 19.6 Å². The predicted molar refractivity (Wildman–Crippen MR) is 85.0 cm³/mol. The predicted octanol–water partition coefficient (Wildman–Crippen LogP) is -0.201. The van der Waals surface area contributed by atoms with Gasteiger partial charge >= 0.3 is 12.0 Å². The molecule has 10 nitrogen and oxygen atoms in total. The summed E-state index contributed by atoms with van der Waals surface area (Å²) >= 11 is 0. The van der Waals surface area contributed by atoms with Gasteiger partial charge in [-0.05, 0) is 26.0 Å². The van der Waals surface area contributed by atoms with E-state index in [4.69, 9.17) is 10.5 Å². The van der Waals surface area contributed by atoms with Crippen molar-refractivity contribution in [2.45, 2.75) is 18.7 Å². The molecular formula is C14H16N4O6S. The molecule has 25 heavy (non-hydrogen) atoms. The van der Waals surface area contributed by atoms with Crippen LogP contribution in [0.2, 0.25) is 0 Å². The van der Waals surface area contributed by atoms with E-state index in [0.29, 0.717) is 4.31 Å². The lowest BCUT2D eigenvalue weighted by atomic mass is 10.2. The van der Waals surface area contributed by atoms with E-state index in [1.807, 2.05) is 5.43 Å². The van der Waals surface area contributed by atoms with Crippen LogP contribution in [0.4, 0.5) is 4.79 Å². The molecule has 0 aromatic heterocycles. The Labute approximate surface area is 143 Å². The summed E-state index contributed by atoms with van der Waals surface area (Å²) in [7, 11) is -4.30. The second kappa shape index (κ2) is 6.81. The van der Waals surface area contributed by atoms with E-state index in [2.05, 4.69) is 5.43 Å². The van der Waals surface area contributed by atoms with Gasteiger partial charge in [0.05, 0.1) is 17.9 Å². The number of carbonyl (C=O) groups excluding carboxylic acids is 3. The molecule has 0 saturated carbocycles. The van der Waals surface area contributed by atoms with Crippen molar-refractivity contribution in [1.29, 1.82) is 0 Å². The Morgan fingerprint density at radius 1 is 1.24 bits per heavy atom. The molecule has 11 heteroatoms. The number of carbonyl (C=O) groups is 3. The van der Waals surface area contributed by atoms with Gasteiger partial charge in [0.15, 0.2) is 5.70 Å². The Balaban J connectivity index is 2.59. The zero-order chi connectivity index (χ0) is 18.8. The number of rotatable bonds is 5. The highest BCUT2D eigenvalue weighted by Crippen LogP contribution is 2.34. The first-order valence-corrected chi connectivity index (χ1v) is 8.54. The van der Waals surface area contributed by atoms with Crippen LogP contribution < -0.4 is 16.6 Å². The molecule has 4 N–H and O–H groups in total. The number of amides is 3. The fourth-order valence-corrected chi connectivity index (χ4v) is 3.86. The van der Waals surface area contributed by atoms with E-state index in [0.717, 1.165) is 0 Å². The first-order chi connectivity index (χ1) is 11.7. The highest BCUT2D eigenvalue weighted by molar-refractivity contribution is 7.90. The average molecular weight is 368 g/mol. The van der Waals surface area contributed by atoms with Gasteiger partial charge in [0.2, 0.25) is 0 Å². The van der Waals surface area contributed by atoms with E-state index >= 15 is 0 Å². The number of nitrogens with two attached hydrogens (primary N) is 1. The Bertz CT molecular complexity index is 877. The summed E-state index contributed by atoms with van der Waals surface area (Å²) < 4.78 is 30.6. The van der Waals surface area contributed by atoms with Crippen molar-refractivity contribution in [2.24, 2.45) is 5.73 Å². The van der Waals surface area contributed by atoms with Crippen LogP contribution in [0.5, 0.6) is 0 Å². The van der Waals surface area contributed by atoms with E-state index in [-0.39, 0.29) is 22.8 Å². The number of nitrogens with one attached hydrogen (secondary N) is 2. The molecule has 1 aromatic carbocycles. The summed E-state index contributed by atoms with van der Waals surface area (Å²) in [6.45, 7) is 2.76. The summed E-state index contributed by atoms with van der Waals surface area (Å²) in [5, 5.41) is 0. The number of ether oxygens (including phenoxy) is 1. The third-order valence-electron chi connectivity index (χ3n) is 3.22. The summed E-state index contributed by atoms with van der Waals surface area (Å²) in [6, 6.07) is 4.59. The highest BCUT2D eigenvalue weighted by Gasteiger charge is 2.46. The molecule has 1 aliphatic rings. The normalized spacial score (nSPS) is 15.9. The molecule has 0 bridgehead atoms. The molecule has 1 aliphatic heterocycles. The van der Waals surface area contributed by atoms with Crippen molar-refractivity contribution >= 4 is 27.9 Å². The number of hydrazine groups is 1. The van der Waals surface area contributed by atoms with Gasteiger partial charge in [-0.2, -0.15) is 4.31 Å². The van der Waals surface area contributed by atoms with E-state index < -0.39 is 33.6 Å². The lowest BCUT2D eigenvalue weighted by Gasteiger charge is -2.20. The number of primary amides is 1. The molecule has 134 valence electrons. The molecule has 0 unspecified atom stereocenters. The van der Waals surface area contributed by atoms with Gasteiger partial charge in [-0.3, -0.25) is 15.6 Å². The largest absolute Gasteiger partial charge is 0.461 e. The summed E-state index contributed by atoms with van der Waals surface area (Å²) in [6.07, 6.45) is 0. The molecule has 2 rings (SSSR count). The number of fused-ring (bicyclic) bond motifs is 1. The number of allylic oxidation sites excluding steroid dienone is 1. The van der Waals surface area contributed by atoms with E-state index in [1.165, 1.54) is 38.1 Å². The molecule has 3 amide bonds. The highest BCUT2D eigenvalue weighted by atomic mass is 32.2. The van der Waals surface area contributed by atoms with Crippen molar-refractivity contribution in [1.82, 2.24) is 15.2 Å². The van der Waals surface area contributed by atoms with Crippen LogP contribution in [-0.4, -0.2) is 37.2 Å². The summed E-state index contributed by atoms with van der Waals surface area (Å²) in [4.78, 5) is 35.4. The van der Waals surface area contributed by atoms with Crippen molar-refractivity contribution in [3.05, 3.63) is 41.2 Å². The molecule has 0 aliphatic carbocycles. The third kappa shape index (κ3) is 3.26. The van der Waals surface area contributed by atoms with Crippen molar-refractivity contribution in [3.8, 4) is 0 Å². The lowest BCUT2D eigenvalue weighted by molar-refractivity contribution is -0.139. The lowest BCUT2D eigenvalue weighted by Crippen LogP contribution is -2.43. The zero-order valence-electron chi connectivity index (χ0n) is 13.4. The maximum Gasteiger partial charge on any atom is 0.358 e. The van der Waals surface area contributed by atoms with Crippen LogP contribution in [0, 0.1) is 0 Å². The molecule has 1 aromatic rings. The SMILES string of the molecule is CCOC(=O)/C(=C(/C)NNC(N)=O)N1C(=O)c2ccccc2S1(=O)=O. The fraction of sp³-hybridized carbons (Fsp3) is 0.214. The maximum atomic E-state index is 12.7. The Morgan fingerprint density at radius 2 is 1.88 bits per heavy atom. The quantitative estimate of drug-likeness (QED) is 0.370. The van der Waals surface area contributed by atoms with Gasteiger partial charge in [-0.1, -0.05) is 12.1 Å². The summed E-state index contributed by atoms with van der Waals surface area (Å²) in [5.74, 6) is -1.96. The minimum atomic E-state index is -4.30. The number of sulfonamides is 1. The molecule has 0 radical (unpaired) electrons. The smallest absolute Gasteiger partial charge is 0.358 e. The first kappa shape index (κ1) is 18.3. The van der Waals surface area contributed by atoms with Crippen molar-refractivity contribution in [3.63, 3.8) is 0 Å². The number of hydrogen-bond acceptors (Lipinski definition) is 7. The van der Waals surface area contributed by atoms with Gasteiger partial charge in [-0.25, -0.2) is 18.0 Å². The topological polar surface area (TPSA) is 148 Å². The second-order valence-electron chi connectivity index (χ2n) is 4.88. The summed E-state index contributed by atoms with van der Waals surface area (Å²) in [5.41, 5.74) is 8.43. The van der Waals surface area contributed by atoms with Crippen molar-refractivity contribution in [2.75, 3.05) is 6.61 Å². The van der Waals surface area contributed by atoms with Gasteiger partial charge in [-0.15, -0.1) is 0 Å². The Kier molecular flexibility index (Phi) is 4.97.